The van der Waals surface area contributed by atoms with Crippen molar-refractivity contribution in [3.05, 3.63) is 77.5 Å². The molecule has 128 valence electrons. The Morgan fingerprint density at radius 3 is 2.56 bits per heavy atom. The summed E-state index contributed by atoms with van der Waals surface area (Å²) in [6.45, 7) is 3.31. The molecule has 1 atom stereocenters. The Labute approximate surface area is 145 Å². The molecule has 3 aromatic rings. The van der Waals surface area contributed by atoms with Gasteiger partial charge in [-0.25, -0.2) is 8.78 Å². The van der Waals surface area contributed by atoms with Crippen molar-refractivity contribution in [2.24, 2.45) is 0 Å². The minimum Gasteiger partial charge on any atom is -0.314 e. The van der Waals surface area contributed by atoms with Crippen molar-refractivity contribution in [3.63, 3.8) is 0 Å². The van der Waals surface area contributed by atoms with Gasteiger partial charge in [-0.2, -0.15) is 0 Å². The monoisotopic (exact) mass is 339 g/mol. The number of fused-ring (bicyclic) bond motifs is 1. The maximum atomic E-state index is 14.6. The Bertz CT molecular complexity index is 886. The highest BCUT2D eigenvalue weighted by molar-refractivity contribution is 5.82. The van der Waals surface area contributed by atoms with E-state index in [1.165, 1.54) is 6.07 Å². The van der Waals surface area contributed by atoms with Gasteiger partial charge in [0, 0.05) is 49.4 Å². The lowest BCUT2D eigenvalue weighted by molar-refractivity contribution is 0.196. The number of hydrogen-bond acceptors (Lipinski definition) is 3. The molecule has 25 heavy (non-hydrogen) atoms. The normalized spacial score (nSPS) is 16.9. The molecule has 1 aliphatic rings. The molecule has 5 heteroatoms. The van der Waals surface area contributed by atoms with Gasteiger partial charge in [0.15, 0.2) is 0 Å². The summed E-state index contributed by atoms with van der Waals surface area (Å²) in [4.78, 5) is 6.66. The number of rotatable bonds is 3. The van der Waals surface area contributed by atoms with E-state index in [2.05, 4.69) is 15.2 Å². The van der Waals surface area contributed by atoms with Crippen LogP contribution in [0.5, 0.6) is 0 Å². The maximum absolute atomic E-state index is 14.6. The van der Waals surface area contributed by atoms with Crippen molar-refractivity contribution >= 4 is 10.9 Å². The van der Waals surface area contributed by atoms with Crippen LogP contribution in [0.15, 0.2) is 54.7 Å². The lowest BCUT2D eigenvalue weighted by Gasteiger charge is -2.36. The predicted molar refractivity (Wildman–Crippen MR) is 94.4 cm³/mol. The molecule has 1 unspecified atom stereocenters. The molecule has 1 fully saturated rings. The van der Waals surface area contributed by atoms with Crippen LogP contribution in [-0.4, -0.2) is 36.1 Å². The van der Waals surface area contributed by atoms with Gasteiger partial charge < -0.3 is 5.32 Å². The second kappa shape index (κ2) is 6.86. The summed E-state index contributed by atoms with van der Waals surface area (Å²) in [5.41, 5.74) is 2.38. The van der Waals surface area contributed by atoms with Crippen molar-refractivity contribution in [1.82, 2.24) is 15.2 Å². The van der Waals surface area contributed by atoms with E-state index in [9.17, 15) is 8.78 Å². The lowest BCUT2D eigenvalue weighted by Crippen LogP contribution is -2.45. The van der Waals surface area contributed by atoms with Gasteiger partial charge in [0.1, 0.15) is 11.6 Å². The summed E-state index contributed by atoms with van der Waals surface area (Å²) in [5, 5.41) is 4.32. The van der Waals surface area contributed by atoms with Gasteiger partial charge in [0.2, 0.25) is 0 Å². The molecule has 0 aliphatic carbocycles. The van der Waals surface area contributed by atoms with E-state index in [4.69, 9.17) is 0 Å². The SMILES string of the molecule is Fc1ccc(C(c2ccnc3ccccc23)N2CCNCC2)c(F)c1. The van der Waals surface area contributed by atoms with Crippen molar-refractivity contribution < 1.29 is 8.78 Å². The van der Waals surface area contributed by atoms with Gasteiger partial charge in [-0.15, -0.1) is 0 Å². The zero-order valence-corrected chi connectivity index (χ0v) is 13.8. The van der Waals surface area contributed by atoms with Crippen LogP contribution in [0.25, 0.3) is 10.9 Å². The summed E-state index contributed by atoms with van der Waals surface area (Å²) in [5.74, 6) is -1.07. The van der Waals surface area contributed by atoms with Gasteiger partial charge in [-0.05, 0) is 23.8 Å². The quantitative estimate of drug-likeness (QED) is 0.791. The number of piperazine rings is 1. The first-order valence-electron chi connectivity index (χ1n) is 8.47. The summed E-state index contributed by atoms with van der Waals surface area (Å²) in [7, 11) is 0. The summed E-state index contributed by atoms with van der Waals surface area (Å²) in [6, 6.07) is 13.4. The van der Waals surface area contributed by atoms with Crippen LogP contribution in [0.2, 0.25) is 0 Å². The van der Waals surface area contributed by atoms with Crippen LogP contribution < -0.4 is 5.32 Å². The largest absolute Gasteiger partial charge is 0.314 e. The topological polar surface area (TPSA) is 28.2 Å². The average molecular weight is 339 g/mol. The molecular weight excluding hydrogens is 320 g/mol. The average Bonchev–Trinajstić information content (AvgIpc) is 2.65. The molecule has 2 aromatic carbocycles. The second-order valence-electron chi connectivity index (χ2n) is 6.27. The van der Waals surface area contributed by atoms with E-state index >= 15 is 0 Å². The Kier molecular flexibility index (Phi) is 4.42. The van der Waals surface area contributed by atoms with E-state index in [-0.39, 0.29) is 6.04 Å². The Hall–Kier alpha value is -2.37. The first-order chi connectivity index (χ1) is 12.2. The van der Waals surface area contributed by atoms with Crippen LogP contribution in [0, 0.1) is 11.6 Å². The van der Waals surface area contributed by atoms with Crippen LogP contribution in [0.1, 0.15) is 17.2 Å². The van der Waals surface area contributed by atoms with Crippen molar-refractivity contribution in [1.29, 1.82) is 0 Å². The second-order valence-corrected chi connectivity index (χ2v) is 6.27. The molecule has 3 nitrogen and oxygen atoms in total. The molecule has 0 bridgehead atoms. The maximum Gasteiger partial charge on any atom is 0.131 e. The smallest absolute Gasteiger partial charge is 0.131 e. The number of nitrogens with one attached hydrogen (secondary N) is 1. The molecule has 0 saturated carbocycles. The number of benzene rings is 2. The van der Waals surface area contributed by atoms with E-state index in [0.29, 0.717) is 5.56 Å². The molecule has 0 spiro atoms. The zero-order valence-electron chi connectivity index (χ0n) is 13.8. The third-order valence-electron chi connectivity index (χ3n) is 4.75. The van der Waals surface area contributed by atoms with Gasteiger partial charge in [0.05, 0.1) is 11.6 Å². The highest BCUT2D eigenvalue weighted by Crippen LogP contribution is 2.34. The van der Waals surface area contributed by atoms with E-state index in [1.807, 2.05) is 30.3 Å². The predicted octanol–water partition coefficient (Wildman–Crippen LogP) is 3.51. The van der Waals surface area contributed by atoms with Crippen LogP contribution >= 0.6 is 0 Å². The number of halogens is 2. The number of aromatic nitrogens is 1. The number of para-hydroxylation sites is 1. The lowest BCUT2D eigenvalue weighted by atomic mass is 9.93. The first kappa shape index (κ1) is 16.1. The summed E-state index contributed by atoms with van der Waals surface area (Å²) >= 11 is 0. The third-order valence-corrected chi connectivity index (χ3v) is 4.75. The van der Waals surface area contributed by atoms with Crippen LogP contribution in [-0.2, 0) is 0 Å². The molecule has 1 N–H and O–H groups in total. The molecular formula is C20H19F2N3. The highest BCUT2D eigenvalue weighted by Gasteiger charge is 2.27. The molecule has 0 amide bonds. The standard InChI is InChI=1S/C20H19F2N3/c21-14-5-6-17(18(22)13-14)20(25-11-9-23-10-12-25)16-7-8-24-19-4-2-1-3-15(16)19/h1-8,13,20,23H,9-12H2. The van der Waals surface area contributed by atoms with Gasteiger partial charge >= 0.3 is 0 Å². The summed E-state index contributed by atoms with van der Waals surface area (Å²) in [6.07, 6.45) is 1.76. The van der Waals surface area contributed by atoms with Gasteiger partial charge in [-0.3, -0.25) is 9.88 Å². The number of pyridine rings is 1. The minimum absolute atomic E-state index is 0.268. The van der Waals surface area contributed by atoms with E-state index in [0.717, 1.165) is 48.7 Å². The number of hydrogen-bond donors (Lipinski definition) is 1. The van der Waals surface area contributed by atoms with Crippen molar-refractivity contribution in [2.75, 3.05) is 26.2 Å². The molecule has 2 heterocycles. The fourth-order valence-electron chi connectivity index (χ4n) is 3.58. The number of nitrogens with zero attached hydrogens (tertiary/aromatic N) is 2. The Balaban J connectivity index is 1.90. The van der Waals surface area contributed by atoms with Gasteiger partial charge in [-0.1, -0.05) is 24.3 Å². The Morgan fingerprint density at radius 1 is 0.960 bits per heavy atom. The van der Waals surface area contributed by atoms with E-state index < -0.39 is 11.6 Å². The Morgan fingerprint density at radius 2 is 1.76 bits per heavy atom. The fraction of sp³-hybridized carbons (Fsp3) is 0.250. The fourth-order valence-corrected chi connectivity index (χ4v) is 3.58. The summed E-state index contributed by atoms with van der Waals surface area (Å²) < 4.78 is 28.1. The van der Waals surface area contributed by atoms with Gasteiger partial charge in [0.25, 0.3) is 0 Å². The van der Waals surface area contributed by atoms with Crippen molar-refractivity contribution in [3.8, 4) is 0 Å². The van der Waals surface area contributed by atoms with Crippen LogP contribution in [0.4, 0.5) is 8.78 Å². The van der Waals surface area contributed by atoms with Crippen molar-refractivity contribution in [2.45, 2.75) is 6.04 Å². The molecule has 1 aliphatic heterocycles. The molecule has 1 aromatic heterocycles. The third kappa shape index (κ3) is 3.13. The molecule has 1 saturated heterocycles. The van der Waals surface area contributed by atoms with E-state index in [1.54, 1.807) is 12.3 Å². The molecule has 0 radical (unpaired) electrons. The highest BCUT2D eigenvalue weighted by atomic mass is 19.1. The first-order valence-corrected chi connectivity index (χ1v) is 8.47. The minimum atomic E-state index is -0.556. The zero-order chi connectivity index (χ0) is 17.2. The van der Waals surface area contributed by atoms with Crippen LogP contribution in [0.3, 0.4) is 0 Å². The molecule has 4 rings (SSSR count).